The minimum Gasteiger partial charge on any atom is -0.496 e. The number of ether oxygens (including phenoxy) is 1. The SMILES string of the molecule is COc1ccccc1CN(Cc1nc2scc(-c3ccccc3)c2c(=O)[nH]1)Cc1cccs1. The molecule has 3 aromatic heterocycles. The lowest BCUT2D eigenvalue weighted by molar-refractivity contribution is 0.240. The van der Waals surface area contributed by atoms with Crippen LogP contribution in [0.1, 0.15) is 16.3 Å². The third-order valence-corrected chi connectivity index (χ3v) is 7.23. The van der Waals surface area contributed by atoms with E-state index < -0.39 is 0 Å². The fourth-order valence-electron chi connectivity index (χ4n) is 3.98. The van der Waals surface area contributed by atoms with Crippen LogP contribution in [0.15, 0.2) is 82.3 Å². The van der Waals surface area contributed by atoms with Crippen LogP contribution in [-0.2, 0) is 19.6 Å². The van der Waals surface area contributed by atoms with Crippen molar-refractivity contribution in [3.63, 3.8) is 0 Å². The second kappa shape index (κ2) is 9.70. The van der Waals surface area contributed by atoms with E-state index in [4.69, 9.17) is 9.72 Å². The molecule has 0 unspecified atom stereocenters. The largest absolute Gasteiger partial charge is 0.496 e. The Balaban J connectivity index is 1.47. The van der Waals surface area contributed by atoms with Crippen molar-refractivity contribution in [3.05, 3.63) is 104 Å². The molecule has 0 aliphatic heterocycles. The first-order chi connectivity index (χ1) is 16.2. The van der Waals surface area contributed by atoms with Gasteiger partial charge in [-0.2, -0.15) is 0 Å². The van der Waals surface area contributed by atoms with Gasteiger partial charge in [0.15, 0.2) is 0 Å². The Kier molecular flexibility index (Phi) is 6.35. The van der Waals surface area contributed by atoms with Crippen LogP contribution in [0.2, 0.25) is 0 Å². The number of aromatic amines is 1. The number of benzene rings is 2. The molecule has 0 fully saturated rings. The van der Waals surface area contributed by atoms with Crippen molar-refractivity contribution in [2.45, 2.75) is 19.6 Å². The fraction of sp³-hybridized carbons (Fsp3) is 0.154. The molecule has 0 bridgehead atoms. The minimum atomic E-state index is -0.0940. The van der Waals surface area contributed by atoms with Crippen molar-refractivity contribution in [2.24, 2.45) is 0 Å². The molecule has 0 aliphatic rings. The van der Waals surface area contributed by atoms with E-state index in [1.165, 1.54) is 16.2 Å². The van der Waals surface area contributed by atoms with Crippen molar-refractivity contribution >= 4 is 32.9 Å². The topological polar surface area (TPSA) is 58.2 Å². The van der Waals surface area contributed by atoms with Crippen molar-refractivity contribution < 1.29 is 4.74 Å². The third kappa shape index (κ3) is 4.75. The van der Waals surface area contributed by atoms with E-state index in [0.29, 0.717) is 24.3 Å². The Morgan fingerprint density at radius 2 is 1.76 bits per heavy atom. The van der Waals surface area contributed by atoms with Crippen LogP contribution in [-0.4, -0.2) is 22.0 Å². The third-order valence-electron chi connectivity index (χ3n) is 5.50. The normalized spacial score (nSPS) is 11.3. The molecule has 0 amide bonds. The van der Waals surface area contributed by atoms with Gasteiger partial charge in [-0.15, -0.1) is 22.7 Å². The Morgan fingerprint density at radius 3 is 2.55 bits per heavy atom. The zero-order chi connectivity index (χ0) is 22.6. The lowest BCUT2D eigenvalue weighted by atomic mass is 10.1. The number of hydrogen-bond donors (Lipinski definition) is 1. The molecule has 0 aliphatic carbocycles. The van der Waals surface area contributed by atoms with Crippen molar-refractivity contribution in [1.82, 2.24) is 14.9 Å². The average Bonchev–Trinajstić information content (AvgIpc) is 3.50. The molecule has 0 spiro atoms. The van der Waals surface area contributed by atoms with Gasteiger partial charge in [-0.1, -0.05) is 54.6 Å². The number of para-hydroxylation sites is 1. The number of thiophene rings is 2. The Hall–Kier alpha value is -3.26. The van der Waals surface area contributed by atoms with Crippen LogP contribution in [0.25, 0.3) is 21.3 Å². The predicted octanol–water partition coefficient (Wildman–Crippen LogP) is 5.92. The molecule has 0 radical (unpaired) electrons. The second-order valence-corrected chi connectivity index (χ2v) is 9.63. The molecule has 5 aromatic rings. The van der Waals surface area contributed by atoms with Gasteiger partial charge in [0.2, 0.25) is 0 Å². The number of rotatable bonds is 8. The number of methoxy groups -OCH3 is 1. The molecule has 3 heterocycles. The summed E-state index contributed by atoms with van der Waals surface area (Å²) < 4.78 is 5.56. The second-order valence-electron chi connectivity index (χ2n) is 7.74. The highest BCUT2D eigenvalue weighted by Crippen LogP contribution is 2.30. The first kappa shape index (κ1) is 21.6. The summed E-state index contributed by atoms with van der Waals surface area (Å²) in [7, 11) is 1.69. The maximum absolute atomic E-state index is 13.1. The fourth-order valence-corrected chi connectivity index (χ4v) is 5.69. The highest BCUT2D eigenvalue weighted by atomic mass is 32.1. The summed E-state index contributed by atoms with van der Waals surface area (Å²) in [5.74, 6) is 1.52. The first-order valence-electron chi connectivity index (χ1n) is 10.6. The maximum Gasteiger partial charge on any atom is 0.260 e. The summed E-state index contributed by atoms with van der Waals surface area (Å²) in [6.07, 6.45) is 0. The van der Waals surface area contributed by atoms with Gasteiger partial charge in [-0.3, -0.25) is 9.69 Å². The molecular weight excluding hydrogens is 450 g/mol. The van der Waals surface area contributed by atoms with E-state index in [0.717, 1.165) is 33.8 Å². The van der Waals surface area contributed by atoms with E-state index in [2.05, 4.69) is 33.5 Å². The lowest BCUT2D eigenvalue weighted by Gasteiger charge is -2.22. The smallest absolute Gasteiger partial charge is 0.260 e. The van der Waals surface area contributed by atoms with Crippen LogP contribution in [0.4, 0.5) is 0 Å². The van der Waals surface area contributed by atoms with Gasteiger partial charge in [-0.05, 0) is 23.1 Å². The molecule has 33 heavy (non-hydrogen) atoms. The quantitative estimate of drug-likeness (QED) is 0.304. The molecular formula is C26H23N3O2S2. The highest BCUT2D eigenvalue weighted by Gasteiger charge is 2.16. The van der Waals surface area contributed by atoms with E-state index in [1.807, 2.05) is 53.9 Å². The van der Waals surface area contributed by atoms with Gasteiger partial charge >= 0.3 is 0 Å². The lowest BCUT2D eigenvalue weighted by Crippen LogP contribution is -2.25. The first-order valence-corrected chi connectivity index (χ1v) is 12.4. The van der Waals surface area contributed by atoms with E-state index in [9.17, 15) is 4.79 Å². The van der Waals surface area contributed by atoms with Gasteiger partial charge in [0.25, 0.3) is 5.56 Å². The number of nitrogens with one attached hydrogen (secondary N) is 1. The van der Waals surface area contributed by atoms with Crippen LogP contribution in [0.5, 0.6) is 5.75 Å². The van der Waals surface area contributed by atoms with Crippen molar-refractivity contribution in [1.29, 1.82) is 0 Å². The summed E-state index contributed by atoms with van der Waals surface area (Å²) in [6, 6.07) is 22.2. The summed E-state index contributed by atoms with van der Waals surface area (Å²) in [5.41, 5.74) is 2.96. The number of nitrogens with zero attached hydrogens (tertiary/aromatic N) is 2. The van der Waals surface area contributed by atoms with E-state index in [-0.39, 0.29) is 5.56 Å². The van der Waals surface area contributed by atoms with Crippen molar-refractivity contribution in [3.8, 4) is 16.9 Å². The van der Waals surface area contributed by atoms with Gasteiger partial charge in [-0.25, -0.2) is 4.98 Å². The monoisotopic (exact) mass is 473 g/mol. The number of aromatic nitrogens is 2. The van der Waals surface area contributed by atoms with Crippen LogP contribution in [0.3, 0.4) is 0 Å². The molecule has 0 atom stereocenters. The molecule has 5 rings (SSSR count). The Morgan fingerprint density at radius 1 is 0.939 bits per heavy atom. The summed E-state index contributed by atoms with van der Waals surface area (Å²) >= 11 is 3.24. The summed E-state index contributed by atoms with van der Waals surface area (Å²) in [4.78, 5) is 25.3. The average molecular weight is 474 g/mol. The summed E-state index contributed by atoms with van der Waals surface area (Å²) in [6.45, 7) is 1.97. The van der Waals surface area contributed by atoms with Gasteiger partial charge < -0.3 is 9.72 Å². The van der Waals surface area contributed by atoms with Gasteiger partial charge in [0, 0.05) is 34.5 Å². The van der Waals surface area contributed by atoms with Gasteiger partial charge in [0.1, 0.15) is 16.4 Å². The standard InChI is InChI=1S/C26H23N3O2S2/c1-31-22-12-6-5-10-19(22)14-29(15-20-11-7-13-32-20)16-23-27-25(30)24-21(17-33-26(24)28-23)18-8-3-2-4-9-18/h2-13,17H,14-16H2,1H3,(H,27,28,30). The number of fused-ring (bicyclic) bond motifs is 1. The molecule has 2 aromatic carbocycles. The zero-order valence-corrected chi connectivity index (χ0v) is 19.8. The molecule has 5 nitrogen and oxygen atoms in total. The molecule has 1 N–H and O–H groups in total. The molecule has 0 saturated carbocycles. The number of H-pyrrole nitrogens is 1. The zero-order valence-electron chi connectivity index (χ0n) is 18.2. The summed E-state index contributed by atoms with van der Waals surface area (Å²) in [5, 5.41) is 4.76. The number of hydrogen-bond acceptors (Lipinski definition) is 6. The maximum atomic E-state index is 13.1. The molecule has 7 heteroatoms. The Labute approximate surface area is 199 Å². The van der Waals surface area contributed by atoms with Crippen LogP contribution < -0.4 is 10.3 Å². The van der Waals surface area contributed by atoms with Crippen molar-refractivity contribution in [2.75, 3.05) is 7.11 Å². The van der Waals surface area contributed by atoms with Crippen LogP contribution in [0, 0.1) is 0 Å². The van der Waals surface area contributed by atoms with Crippen LogP contribution >= 0.6 is 22.7 Å². The Bertz CT molecular complexity index is 1410. The minimum absolute atomic E-state index is 0.0940. The van der Waals surface area contributed by atoms with Gasteiger partial charge in [0.05, 0.1) is 19.0 Å². The van der Waals surface area contributed by atoms with E-state index in [1.54, 1.807) is 18.4 Å². The van der Waals surface area contributed by atoms with E-state index >= 15 is 0 Å². The molecule has 166 valence electrons. The predicted molar refractivity (Wildman–Crippen MR) is 136 cm³/mol. The molecule has 0 saturated heterocycles. The highest BCUT2D eigenvalue weighted by molar-refractivity contribution is 7.17.